The Kier molecular flexibility index (Phi) is 8.06. The molecule has 0 spiro atoms. The zero-order valence-corrected chi connectivity index (χ0v) is 13.0. The standard InChI is InChI=1S/C15H33NO/c1-12(2)10-16-11-14(4)13(3)8-9-15(5,6)17-7/h12-14,16H,8-11H2,1-7H3. The minimum absolute atomic E-state index is 0.0271. The lowest BCUT2D eigenvalue weighted by molar-refractivity contribution is 0.00920. The molecule has 0 aromatic carbocycles. The number of hydrogen-bond acceptors (Lipinski definition) is 2. The molecule has 2 unspecified atom stereocenters. The van der Waals surface area contributed by atoms with Gasteiger partial charge in [0, 0.05) is 7.11 Å². The highest BCUT2D eigenvalue weighted by molar-refractivity contribution is 4.72. The van der Waals surface area contributed by atoms with Gasteiger partial charge in [-0.05, 0) is 57.5 Å². The van der Waals surface area contributed by atoms with Crippen molar-refractivity contribution in [3.8, 4) is 0 Å². The predicted octanol–water partition coefficient (Wildman–Crippen LogP) is 3.71. The highest BCUT2D eigenvalue weighted by Gasteiger charge is 2.19. The summed E-state index contributed by atoms with van der Waals surface area (Å²) in [6.45, 7) is 15.8. The molecular formula is C15H33NO. The molecule has 0 saturated heterocycles. The summed E-state index contributed by atoms with van der Waals surface area (Å²) in [5.41, 5.74) is 0.0271. The topological polar surface area (TPSA) is 21.3 Å². The van der Waals surface area contributed by atoms with E-state index in [4.69, 9.17) is 4.74 Å². The zero-order chi connectivity index (χ0) is 13.5. The first kappa shape index (κ1) is 16.9. The molecule has 104 valence electrons. The van der Waals surface area contributed by atoms with Crippen LogP contribution in [0, 0.1) is 17.8 Å². The van der Waals surface area contributed by atoms with E-state index in [0.29, 0.717) is 0 Å². The fraction of sp³-hybridized carbons (Fsp3) is 1.00. The molecule has 0 amide bonds. The summed E-state index contributed by atoms with van der Waals surface area (Å²) in [4.78, 5) is 0. The molecule has 0 heterocycles. The first-order valence-corrected chi connectivity index (χ1v) is 7.04. The van der Waals surface area contributed by atoms with Crippen molar-refractivity contribution in [1.82, 2.24) is 5.32 Å². The largest absolute Gasteiger partial charge is 0.379 e. The number of methoxy groups -OCH3 is 1. The van der Waals surface area contributed by atoms with E-state index in [1.807, 2.05) is 0 Å². The molecule has 0 aliphatic carbocycles. The normalized spacial score (nSPS) is 16.2. The van der Waals surface area contributed by atoms with E-state index in [0.717, 1.165) is 37.3 Å². The van der Waals surface area contributed by atoms with Gasteiger partial charge in [0.2, 0.25) is 0 Å². The summed E-state index contributed by atoms with van der Waals surface area (Å²) in [6.07, 6.45) is 2.38. The van der Waals surface area contributed by atoms with Gasteiger partial charge in [-0.25, -0.2) is 0 Å². The fourth-order valence-corrected chi connectivity index (χ4v) is 1.76. The van der Waals surface area contributed by atoms with Crippen LogP contribution >= 0.6 is 0 Å². The monoisotopic (exact) mass is 243 g/mol. The van der Waals surface area contributed by atoms with Crippen LogP contribution in [0.1, 0.15) is 54.4 Å². The van der Waals surface area contributed by atoms with Gasteiger partial charge in [0.1, 0.15) is 0 Å². The third-order valence-electron chi connectivity index (χ3n) is 3.74. The lowest BCUT2D eigenvalue weighted by Crippen LogP contribution is -2.29. The Balaban J connectivity index is 3.78. The van der Waals surface area contributed by atoms with Gasteiger partial charge in [0.05, 0.1) is 5.60 Å². The second-order valence-electron chi connectivity index (χ2n) is 6.51. The summed E-state index contributed by atoms with van der Waals surface area (Å²) in [6, 6.07) is 0. The van der Waals surface area contributed by atoms with Crippen LogP contribution in [0.5, 0.6) is 0 Å². The van der Waals surface area contributed by atoms with Gasteiger partial charge in [-0.3, -0.25) is 0 Å². The highest BCUT2D eigenvalue weighted by Crippen LogP contribution is 2.23. The van der Waals surface area contributed by atoms with Gasteiger partial charge in [-0.1, -0.05) is 27.7 Å². The molecule has 0 radical (unpaired) electrons. The predicted molar refractivity (Wildman–Crippen MR) is 76.4 cm³/mol. The van der Waals surface area contributed by atoms with Gasteiger partial charge in [-0.2, -0.15) is 0 Å². The number of nitrogens with one attached hydrogen (secondary N) is 1. The van der Waals surface area contributed by atoms with Crippen LogP contribution in [0.2, 0.25) is 0 Å². The van der Waals surface area contributed by atoms with Crippen molar-refractivity contribution in [2.45, 2.75) is 60.0 Å². The summed E-state index contributed by atoms with van der Waals surface area (Å²) in [7, 11) is 1.80. The maximum absolute atomic E-state index is 5.46. The van der Waals surface area contributed by atoms with E-state index in [2.05, 4.69) is 46.9 Å². The first-order valence-electron chi connectivity index (χ1n) is 7.04. The Morgan fingerprint density at radius 2 is 1.59 bits per heavy atom. The van der Waals surface area contributed by atoms with Crippen LogP contribution in [-0.2, 0) is 4.74 Å². The van der Waals surface area contributed by atoms with Crippen molar-refractivity contribution in [3.05, 3.63) is 0 Å². The summed E-state index contributed by atoms with van der Waals surface area (Å²) < 4.78 is 5.46. The molecule has 0 bridgehead atoms. The van der Waals surface area contributed by atoms with E-state index in [-0.39, 0.29) is 5.60 Å². The second kappa shape index (κ2) is 8.10. The molecule has 0 saturated carbocycles. The van der Waals surface area contributed by atoms with Crippen LogP contribution in [-0.4, -0.2) is 25.8 Å². The van der Waals surface area contributed by atoms with Crippen LogP contribution in [0.25, 0.3) is 0 Å². The zero-order valence-electron chi connectivity index (χ0n) is 13.0. The van der Waals surface area contributed by atoms with Crippen molar-refractivity contribution in [2.24, 2.45) is 17.8 Å². The van der Waals surface area contributed by atoms with E-state index < -0.39 is 0 Å². The van der Waals surface area contributed by atoms with Gasteiger partial charge < -0.3 is 10.1 Å². The van der Waals surface area contributed by atoms with Crippen molar-refractivity contribution < 1.29 is 4.74 Å². The molecule has 0 fully saturated rings. The van der Waals surface area contributed by atoms with Crippen molar-refractivity contribution in [1.29, 1.82) is 0 Å². The molecule has 0 aliphatic heterocycles. The van der Waals surface area contributed by atoms with Crippen molar-refractivity contribution in [3.63, 3.8) is 0 Å². The molecule has 1 N–H and O–H groups in total. The SMILES string of the molecule is COC(C)(C)CCC(C)C(C)CNCC(C)C. The third-order valence-corrected chi connectivity index (χ3v) is 3.74. The minimum atomic E-state index is 0.0271. The number of rotatable bonds is 9. The minimum Gasteiger partial charge on any atom is -0.379 e. The van der Waals surface area contributed by atoms with E-state index in [9.17, 15) is 0 Å². The van der Waals surface area contributed by atoms with Crippen LogP contribution in [0.3, 0.4) is 0 Å². The van der Waals surface area contributed by atoms with E-state index >= 15 is 0 Å². The summed E-state index contributed by atoms with van der Waals surface area (Å²) in [5, 5.41) is 3.55. The molecule has 0 aliphatic rings. The average molecular weight is 243 g/mol. The summed E-state index contributed by atoms with van der Waals surface area (Å²) >= 11 is 0. The molecule has 17 heavy (non-hydrogen) atoms. The van der Waals surface area contributed by atoms with Gasteiger partial charge >= 0.3 is 0 Å². The van der Waals surface area contributed by atoms with E-state index in [1.165, 1.54) is 6.42 Å². The van der Waals surface area contributed by atoms with Crippen LogP contribution in [0.4, 0.5) is 0 Å². The Bertz CT molecular complexity index is 189. The fourth-order valence-electron chi connectivity index (χ4n) is 1.76. The lowest BCUT2D eigenvalue weighted by Gasteiger charge is -2.27. The Morgan fingerprint density at radius 3 is 2.06 bits per heavy atom. The van der Waals surface area contributed by atoms with Crippen molar-refractivity contribution >= 4 is 0 Å². The number of ether oxygens (including phenoxy) is 1. The molecule has 2 heteroatoms. The quantitative estimate of drug-likeness (QED) is 0.666. The Hall–Kier alpha value is -0.0800. The Labute approximate surface area is 109 Å². The highest BCUT2D eigenvalue weighted by atomic mass is 16.5. The maximum Gasteiger partial charge on any atom is 0.0622 e. The van der Waals surface area contributed by atoms with Crippen molar-refractivity contribution in [2.75, 3.05) is 20.2 Å². The molecular weight excluding hydrogens is 210 g/mol. The Morgan fingerprint density at radius 1 is 1.00 bits per heavy atom. The summed E-state index contributed by atoms with van der Waals surface area (Å²) in [5.74, 6) is 2.23. The number of hydrogen-bond donors (Lipinski definition) is 1. The van der Waals surface area contributed by atoms with Gasteiger partial charge in [0.25, 0.3) is 0 Å². The van der Waals surface area contributed by atoms with Crippen LogP contribution < -0.4 is 5.32 Å². The smallest absolute Gasteiger partial charge is 0.0622 e. The lowest BCUT2D eigenvalue weighted by atomic mass is 9.87. The molecule has 0 aromatic heterocycles. The molecule has 2 atom stereocenters. The molecule has 0 aromatic rings. The van der Waals surface area contributed by atoms with E-state index in [1.54, 1.807) is 7.11 Å². The average Bonchev–Trinajstić information content (AvgIpc) is 2.25. The molecule has 2 nitrogen and oxygen atoms in total. The van der Waals surface area contributed by atoms with Gasteiger partial charge in [-0.15, -0.1) is 0 Å². The second-order valence-corrected chi connectivity index (χ2v) is 6.51. The third kappa shape index (κ3) is 8.62. The van der Waals surface area contributed by atoms with Gasteiger partial charge in [0.15, 0.2) is 0 Å². The molecule has 0 rings (SSSR count). The maximum atomic E-state index is 5.46. The van der Waals surface area contributed by atoms with Crippen LogP contribution in [0.15, 0.2) is 0 Å². The first-order chi connectivity index (χ1) is 7.78.